The molecule has 1 aliphatic heterocycles. The van der Waals surface area contributed by atoms with Gasteiger partial charge in [-0.15, -0.1) is 0 Å². The van der Waals surface area contributed by atoms with Gasteiger partial charge in [-0.25, -0.2) is 4.98 Å². The molecule has 0 atom stereocenters. The van der Waals surface area contributed by atoms with E-state index in [0.717, 1.165) is 50.9 Å². The van der Waals surface area contributed by atoms with Crippen molar-refractivity contribution in [2.75, 3.05) is 18.8 Å². The van der Waals surface area contributed by atoms with Crippen LogP contribution >= 0.6 is 11.8 Å². The lowest BCUT2D eigenvalue weighted by Gasteiger charge is -2.26. The number of halogens is 3. The third kappa shape index (κ3) is 4.16. The maximum atomic E-state index is 13.0. The number of amides is 1. The second-order valence-corrected chi connectivity index (χ2v) is 7.42. The van der Waals surface area contributed by atoms with Gasteiger partial charge in [0.2, 0.25) is 5.91 Å². The van der Waals surface area contributed by atoms with Gasteiger partial charge >= 0.3 is 6.18 Å². The molecule has 1 aromatic carbocycles. The third-order valence-electron chi connectivity index (χ3n) is 4.52. The van der Waals surface area contributed by atoms with Crippen molar-refractivity contribution in [1.29, 1.82) is 0 Å². The van der Waals surface area contributed by atoms with E-state index in [4.69, 9.17) is 0 Å². The minimum atomic E-state index is -4.38. The fourth-order valence-electron chi connectivity index (χ4n) is 3.19. The van der Waals surface area contributed by atoms with Gasteiger partial charge in [0, 0.05) is 19.6 Å². The van der Waals surface area contributed by atoms with Gasteiger partial charge in [-0.3, -0.25) is 4.79 Å². The lowest BCUT2D eigenvalue weighted by molar-refractivity contribution is -0.137. The normalized spacial score (nSPS) is 15.6. The molecule has 1 aromatic heterocycles. The van der Waals surface area contributed by atoms with Gasteiger partial charge in [0.1, 0.15) is 0 Å². The van der Waals surface area contributed by atoms with Crippen LogP contribution in [0.3, 0.4) is 0 Å². The molecule has 0 bridgehead atoms. The van der Waals surface area contributed by atoms with Crippen molar-refractivity contribution in [3.63, 3.8) is 0 Å². The van der Waals surface area contributed by atoms with E-state index >= 15 is 0 Å². The number of benzene rings is 1. The van der Waals surface area contributed by atoms with Gasteiger partial charge in [-0.05, 0) is 43.9 Å². The van der Waals surface area contributed by atoms with Crippen molar-refractivity contribution >= 4 is 28.7 Å². The molecule has 0 N–H and O–H groups in total. The fourth-order valence-corrected chi connectivity index (χ4v) is 4.13. The number of carbonyl (C=O) groups is 1. The zero-order chi connectivity index (χ0) is 18.7. The molecule has 2 aromatic rings. The van der Waals surface area contributed by atoms with E-state index in [-0.39, 0.29) is 11.7 Å². The van der Waals surface area contributed by atoms with Crippen LogP contribution in [0, 0.1) is 0 Å². The summed E-state index contributed by atoms with van der Waals surface area (Å²) in [4.78, 5) is 18.7. The molecular weight excluding hydrogens is 363 g/mol. The van der Waals surface area contributed by atoms with Gasteiger partial charge in [-0.1, -0.05) is 18.7 Å². The van der Waals surface area contributed by atoms with Crippen LogP contribution < -0.4 is 0 Å². The quantitative estimate of drug-likeness (QED) is 0.708. The number of fused-ring (bicyclic) bond motifs is 1. The van der Waals surface area contributed by atoms with Crippen molar-refractivity contribution in [3.8, 4) is 0 Å². The van der Waals surface area contributed by atoms with E-state index in [2.05, 4.69) is 4.98 Å². The first-order chi connectivity index (χ1) is 12.4. The van der Waals surface area contributed by atoms with Crippen molar-refractivity contribution in [2.45, 2.75) is 50.5 Å². The molecule has 2 heterocycles. The minimum Gasteiger partial charge on any atom is -0.342 e. The van der Waals surface area contributed by atoms with Gasteiger partial charge in [0.15, 0.2) is 5.16 Å². The van der Waals surface area contributed by atoms with Crippen molar-refractivity contribution in [2.24, 2.45) is 0 Å². The zero-order valence-corrected chi connectivity index (χ0v) is 15.5. The van der Waals surface area contributed by atoms with Crippen molar-refractivity contribution < 1.29 is 18.0 Å². The van der Waals surface area contributed by atoms with Crippen molar-refractivity contribution in [3.05, 3.63) is 23.8 Å². The third-order valence-corrected chi connectivity index (χ3v) is 5.48. The van der Waals surface area contributed by atoms with E-state index in [9.17, 15) is 18.0 Å². The summed E-state index contributed by atoms with van der Waals surface area (Å²) in [7, 11) is 0. The van der Waals surface area contributed by atoms with Crippen LogP contribution in [-0.2, 0) is 17.5 Å². The van der Waals surface area contributed by atoms with Crippen LogP contribution in [0.2, 0.25) is 0 Å². The smallest absolute Gasteiger partial charge is 0.342 e. The van der Waals surface area contributed by atoms with E-state index in [1.54, 1.807) is 4.57 Å². The number of alkyl halides is 3. The Morgan fingerprint density at radius 3 is 2.62 bits per heavy atom. The molecule has 0 saturated carbocycles. The second kappa shape index (κ2) is 7.90. The molecule has 1 aliphatic rings. The van der Waals surface area contributed by atoms with Gasteiger partial charge in [0.25, 0.3) is 0 Å². The first-order valence-corrected chi connectivity index (χ1v) is 9.86. The minimum absolute atomic E-state index is 0.0702. The highest BCUT2D eigenvalue weighted by atomic mass is 32.2. The first-order valence-electron chi connectivity index (χ1n) is 8.88. The Morgan fingerprint density at radius 1 is 1.23 bits per heavy atom. The average molecular weight is 385 g/mol. The predicted molar refractivity (Wildman–Crippen MR) is 96.2 cm³/mol. The van der Waals surface area contributed by atoms with Crippen LogP contribution in [0.1, 0.15) is 38.2 Å². The van der Waals surface area contributed by atoms with Crippen LogP contribution in [0.15, 0.2) is 23.4 Å². The number of aryl methyl sites for hydroxylation is 1. The predicted octanol–water partition coefficient (Wildman–Crippen LogP) is 4.57. The number of thioether (sulfide) groups is 1. The Labute approximate surface area is 154 Å². The summed E-state index contributed by atoms with van der Waals surface area (Å²) in [6.07, 6.45) is -0.386. The Morgan fingerprint density at radius 2 is 1.96 bits per heavy atom. The highest BCUT2D eigenvalue weighted by Gasteiger charge is 2.31. The molecule has 8 heteroatoms. The molecule has 0 aliphatic carbocycles. The second-order valence-electron chi connectivity index (χ2n) is 6.48. The number of hydrogen-bond donors (Lipinski definition) is 0. The average Bonchev–Trinajstić information content (AvgIpc) is 2.97. The molecule has 1 saturated heterocycles. The molecule has 26 heavy (non-hydrogen) atoms. The molecule has 4 nitrogen and oxygen atoms in total. The van der Waals surface area contributed by atoms with Crippen LogP contribution in [-0.4, -0.2) is 39.2 Å². The molecule has 0 radical (unpaired) electrons. The molecule has 3 rings (SSSR count). The number of piperidine rings is 1. The number of aromatic nitrogens is 2. The highest BCUT2D eigenvalue weighted by Crippen LogP contribution is 2.33. The van der Waals surface area contributed by atoms with Crippen LogP contribution in [0.5, 0.6) is 0 Å². The molecule has 0 unspecified atom stereocenters. The maximum Gasteiger partial charge on any atom is 0.416 e. The Bertz CT molecular complexity index is 782. The Hall–Kier alpha value is -1.70. The molecular formula is C18H22F3N3OS. The monoisotopic (exact) mass is 385 g/mol. The summed E-state index contributed by atoms with van der Waals surface area (Å²) in [5.74, 6) is 0.333. The Kier molecular flexibility index (Phi) is 5.79. The maximum absolute atomic E-state index is 13.0. The summed E-state index contributed by atoms with van der Waals surface area (Å²) in [6, 6.07) is 3.61. The zero-order valence-electron chi connectivity index (χ0n) is 14.7. The Balaban J connectivity index is 1.82. The molecule has 1 fully saturated rings. The van der Waals surface area contributed by atoms with Crippen LogP contribution in [0.25, 0.3) is 11.0 Å². The number of likely N-dealkylation sites (tertiary alicyclic amines) is 1. The molecule has 1 amide bonds. The van der Waals surface area contributed by atoms with Gasteiger partial charge in [-0.2, -0.15) is 13.2 Å². The lowest BCUT2D eigenvalue weighted by atomic mass is 10.1. The van der Waals surface area contributed by atoms with E-state index in [0.29, 0.717) is 22.7 Å². The summed E-state index contributed by atoms with van der Waals surface area (Å²) in [5, 5.41) is 0.603. The number of rotatable bonds is 5. The summed E-state index contributed by atoms with van der Waals surface area (Å²) in [6.45, 7) is 4.12. The summed E-state index contributed by atoms with van der Waals surface area (Å²) < 4.78 is 40.8. The van der Waals surface area contributed by atoms with E-state index in [1.165, 1.54) is 17.8 Å². The largest absolute Gasteiger partial charge is 0.416 e. The molecule has 0 spiro atoms. The first kappa shape index (κ1) is 19.1. The summed E-state index contributed by atoms with van der Waals surface area (Å²) in [5.41, 5.74) is 0.317. The SMILES string of the molecule is CCCn1c(SCC(=O)N2CCCCC2)nc2ccc(C(F)(F)F)cc21. The number of hydrogen-bond acceptors (Lipinski definition) is 3. The van der Waals surface area contributed by atoms with E-state index < -0.39 is 11.7 Å². The highest BCUT2D eigenvalue weighted by molar-refractivity contribution is 7.99. The van der Waals surface area contributed by atoms with Crippen LogP contribution in [0.4, 0.5) is 13.2 Å². The number of carbonyl (C=O) groups excluding carboxylic acids is 1. The fraction of sp³-hybridized carbons (Fsp3) is 0.556. The summed E-state index contributed by atoms with van der Waals surface area (Å²) >= 11 is 1.31. The lowest BCUT2D eigenvalue weighted by Crippen LogP contribution is -2.36. The topological polar surface area (TPSA) is 38.1 Å². The van der Waals surface area contributed by atoms with Crippen molar-refractivity contribution in [1.82, 2.24) is 14.5 Å². The van der Waals surface area contributed by atoms with E-state index in [1.807, 2.05) is 11.8 Å². The van der Waals surface area contributed by atoms with Gasteiger partial charge in [0.05, 0.1) is 22.3 Å². The number of nitrogens with zero attached hydrogens (tertiary/aromatic N) is 3. The number of imidazole rings is 1. The standard InChI is InChI=1S/C18H22F3N3OS/c1-2-8-24-15-11-13(18(19,20)21)6-7-14(15)22-17(24)26-12-16(25)23-9-4-3-5-10-23/h6-7,11H,2-5,8-10,12H2,1H3. The van der Waals surface area contributed by atoms with Gasteiger partial charge < -0.3 is 9.47 Å². The molecule has 142 valence electrons.